The molecule has 0 saturated carbocycles. The molecule has 0 spiro atoms. The van der Waals surface area contributed by atoms with Crippen molar-refractivity contribution in [2.24, 2.45) is 0 Å². The SMILES string of the molecule is Cc1cc(Br)ncc1C(Sc1cc(F)cc(F)c1)c1cc(F)ccc1F. The quantitative estimate of drug-likeness (QED) is 0.257. The summed E-state index contributed by atoms with van der Waals surface area (Å²) in [6.07, 6.45) is 1.54. The van der Waals surface area contributed by atoms with Gasteiger partial charge < -0.3 is 0 Å². The maximum absolute atomic E-state index is 14.4. The van der Waals surface area contributed by atoms with Crippen LogP contribution in [0.2, 0.25) is 0 Å². The molecule has 0 fully saturated rings. The highest BCUT2D eigenvalue weighted by atomic mass is 79.9. The van der Waals surface area contributed by atoms with Crippen molar-refractivity contribution in [1.29, 1.82) is 0 Å². The fraction of sp³-hybridized carbons (Fsp3) is 0.105. The van der Waals surface area contributed by atoms with E-state index >= 15 is 0 Å². The Hall–Kier alpha value is -1.86. The van der Waals surface area contributed by atoms with E-state index in [2.05, 4.69) is 20.9 Å². The molecule has 26 heavy (non-hydrogen) atoms. The van der Waals surface area contributed by atoms with E-state index in [9.17, 15) is 17.6 Å². The molecule has 1 heterocycles. The Morgan fingerprint density at radius 3 is 2.23 bits per heavy atom. The van der Waals surface area contributed by atoms with Gasteiger partial charge in [0.25, 0.3) is 0 Å². The van der Waals surface area contributed by atoms with E-state index in [0.717, 1.165) is 53.7 Å². The third-order valence-electron chi connectivity index (χ3n) is 3.73. The highest BCUT2D eigenvalue weighted by Crippen LogP contribution is 2.43. The molecule has 0 radical (unpaired) electrons. The fourth-order valence-electron chi connectivity index (χ4n) is 2.55. The molecule has 0 N–H and O–H groups in total. The number of benzene rings is 2. The summed E-state index contributed by atoms with van der Waals surface area (Å²) in [4.78, 5) is 4.42. The second kappa shape index (κ2) is 7.80. The minimum absolute atomic E-state index is 0.0758. The standard InChI is InChI=1S/C19H12BrF4NS/c1-10-4-18(20)25-9-16(10)19(15-8-11(21)2-3-17(15)24)26-14-6-12(22)5-13(23)7-14/h2-9,19H,1H3. The van der Waals surface area contributed by atoms with Crippen LogP contribution in [-0.2, 0) is 0 Å². The topological polar surface area (TPSA) is 12.9 Å². The van der Waals surface area contributed by atoms with Gasteiger partial charge in [0, 0.05) is 22.7 Å². The van der Waals surface area contributed by atoms with Crippen LogP contribution in [0.3, 0.4) is 0 Å². The van der Waals surface area contributed by atoms with E-state index in [1.165, 1.54) is 6.20 Å². The lowest BCUT2D eigenvalue weighted by molar-refractivity contribution is 0.577. The second-order valence-corrected chi connectivity index (χ2v) is 7.62. The van der Waals surface area contributed by atoms with E-state index in [1.54, 1.807) is 13.0 Å². The Labute approximate surface area is 160 Å². The Bertz CT molecular complexity index is 944. The molecule has 1 aromatic heterocycles. The van der Waals surface area contributed by atoms with E-state index < -0.39 is 28.5 Å². The maximum Gasteiger partial charge on any atom is 0.128 e. The number of hydrogen-bond acceptors (Lipinski definition) is 2. The number of nitrogens with zero attached hydrogens (tertiary/aromatic N) is 1. The lowest BCUT2D eigenvalue weighted by Gasteiger charge is -2.20. The lowest BCUT2D eigenvalue weighted by Crippen LogP contribution is -2.04. The Morgan fingerprint density at radius 1 is 0.885 bits per heavy atom. The zero-order valence-electron chi connectivity index (χ0n) is 13.4. The van der Waals surface area contributed by atoms with Crippen LogP contribution in [0.25, 0.3) is 0 Å². The third-order valence-corrected chi connectivity index (χ3v) is 5.42. The number of halogens is 5. The van der Waals surface area contributed by atoms with E-state index in [1.807, 2.05) is 0 Å². The van der Waals surface area contributed by atoms with Gasteiger partial charge in [-0.15, -0.1) is 11.8 Å². The molecule has 0 amide bonds. The molecular formula is C19H12BrF4NS. The fourth-order valence-corrected chi connectivity index (χ4v) is 4.31. The highest BCUT2D eigenvalue weighted by molar-refractivity contribution is 9.10. The molecule has 0 aliphatic carbocycles. The molecule has 1 atom stereocenters. The van der Waals surface area contributed by atoms with Gasteiger partial charge in [0.05, 0.1) is 5.25 Å². The Kier molecular flexibility index (Phi) is 5.67. The molecule has 7 heteroatoms. The molecule has 3 aromatic rings. The summed E-state index contributed by atoms with van der Waals surface area (Å²) in [7, 11) is 0. The van der Waals surface area contributed by atoms with Crippen molar-refractivity contribution in [3.05, 3.63) is 93.2 Å². The van der Waals surface area contributed by atoms with Gasteiger partial charge in [-0.1, -0.05) is 0 Å². The first-order valence-corrected chi connectivity index (χ1v) is 9.20. The van der Waals surface area contributed by atoms with Gasteiger partial charge in [-0.3, -0.25) is 0 Å². The smallest absolute Gasteiger partial charge is 0.128 e. The largest absolute Gasteiger partial charge is 0.249 e. The maximum atomic E-state index is 14.4. The van der Waals surface area contributed by atoms with Crippen molar-refractivity contribution in [1.82, 2.24) is 4.98 Å². The van der Waals surface area contributed by atoms with Crippen molar-refractivity contribution in [2.45, 2.75) is 17.1 Å². The van der Waals surface area contributed by atoms with Crippen LogP contribution < -0.4 is 0 Å². The zero-order chi connectivity index (χ0) is 18.8. The molecular weight excluding hydrogens is 430 g/mol. The third kappa shape index (κ3) is 4.27. The number of aromatic nitrogens is 1. The molecule has 1 unspecified atom stereocenters. The molecule has 0 aliphatic heterocycles. The van der Waals surface area contributed by atoms with Crippen LogP contribution in [0.5, 0.6) is 0 Å². The summed E-state index contributed by atoms with van der Waals surface area (Å²) in [6.45, 7) is 1.80. The molecule has 0 saturated heterocycles. The number of aryl methyl sites for hydroxylation is 1. The molecule has 2 aromatic carbocycles. The molecule has 3 rings (SSSR count). The number of hydrogen-bond donors (Lipinski definition) is 0. The first-order chi connectivity index (χ1) is 12.3. The molecule has 1 nitrogen and oxygen atoms in total. The van der Waals surface area contributed by atoms with Gasteiger partial charge in [-0.05, 0) is 70.4 Å². The zero-order valence-corrected chi connectivity index (χ0v) is 15.8. The molecule has 0 bridgehead atoms. The second-order valence-electron chi connectivity index (χ2n) is 5.63. The molecule has 134 valence electrons. The van der Waals surface area contributed by atoms with Gasteiger partial charge in [0.15, 0.2) is 0 Å². The predicted molar refractivity (Wildman–Crippen MR) is 97.1 cm³/mol. The first-order valence-electron chi connectivity index (χ1n) is 7.53. The Morgan fingerprint density at radius 2 is 1.58 bits per heavy atom. The number of thioether (sulfide) groups is 1. The lowest BCUT2D eigenvalue weighted by atomic mass is 10.0. The molecule has 0 aliphatic rings. The van der Waals surface area contributed by atoms with Crippen molar-refractivity contribution >= 4 is 27.7 Å². The van der Waals surface area contributed by atoms with Crippen LogP contribution >= 0.6 is 27.7 Å². The summed E-state index contributed by atoms with van der Waals surface area (Å²) in [6, 6.07) is 7.95. The highest BCUT2D eigenvalue weighted by Gasteiger charge is 2.23. The number of pyridine rings is 1. The monoisotopic (exact) mass is 441 g/mol. The average Bonchev–Trinajstić information content (AvgIpc) is 2.55. The van der Waals surface area contributed by atoms with E-state index in [-0.39, 0.29) is 10.5 Å². The van der Waals surface area contributed by atoms with Crippen molar-refractivity contribution < 1.29 is 17.6 Å². The number of rotatable bonds is 4. The predicted octanol–water partition coefficient (Wildman–Crippen LogP) is 6.59. The summed E-state index contributed by atoms with van der Waals surface area (Å²) in [5.74, 6) is -2.68. The minimum Gasteiger partial charge on any atom is -0.249 e. The van der Waals surface area contributed by atoms with Crippen LogP contribution in [0.15, 0.2) is 58.2 Å². The van der Waals surface area contributed by atoms with E-state index in [4.69, 9.17) is 0 Å². The summed E-state index contributed by atoms with van der Waals surface area (Å²) >= 11 is 4.29. The van der Waals surface area contributed by atoms with Crippen molar-refractivity contribution in [3.63, 3.8) is 0 Å². The minimum atomic E-state index is -0.739. The summed E-state index contributed by atoms with van der Waals surface area (Å²) in [5, 5.41) is -0.729. The van der Waals surface area contributed by atoms with Gasteiger partial charge in [0.2, 0.25) is 0 Å². The summed E-state index contributed by atoms with van der Waals surface area (Å²) < 4.78 is 55.9. The van der Waals surface area contributed by atoms with Crippen LogP contribution in [0.4, 0.5) is 17.6 Å². The van der Waals surface area contributed by atoms with Gasteiger partial charge >= 0.3 is 0 Å². The van der Waals surface area contributed by atoms with Crippen LogP contribution in [0.1, 0.15) is 21.9 Å². The van der Waals surface area contributed by atoms with Gasteiger partial charge in [-0.25, -0.2) is 22.5 Å². The Balaban J connectivity index is 2.13. The first kappa shape index (κ1) is 18.9. The van der Waals surface area contributed by atoms with Crippen molar-refractivity contribution in [2.75, 3.05) is 0 Å². The summed E-state index contributed by atoms with van der Waals surface area (Å²) in [5.41, 5.74) is 1.48. The van der Waals surface area contributed by atoms with Crippen LogP contribution in [0, 0.1) is 30.2 Å². The van der Waals surface area contributed by atoms with Gasteiger partial charge in [0.1, 0.15) is 27.9 Å². The van der Waals surface area contributed by atoms with E-state index in [0.29, 0.717) is 10.2 Å². The van der Waals surface area contributed by atoms with Crippen molar-refractivity contribution in [3.8, 4) is 0 Å². The average molecular weight is 442 g/mol. The normalized spacial score (nSPS) is 12.2. The van der Waals surface area contributed by atoms with Gasteiger partial charge in [-0.2, -0.15) is 0 Å². The van der Waals surface area contributed by atoms with Crippen LogP contribution in [-0.4, -0.2) is 4.98 Å².